The third-order valence-corrected chi connectivity index (χ3v) is 3.86. The Labute approximate surface area is 154 Å². The van der Waals surface area contributed by atoms with Crippen molar-refractivity contribution in [2.24, 2.45) is 0 Å². The summed E-state index contributed by atoms with van der Waals surface area (Å²) in [5.41, 5.74) is 0.901. The van der Waals surface area contributed by atoms with Gasteiger partial charge in [-0.05, 0) is 37.3 Å². The molecule has 6 nitrogen and oxygen atoms in total. The minimum absolute atomic E-state index is 0.124. The summed E-state index contributed by atoms with van der Waals surface area (Å²) in [6, 6.07) is 15.2. The Bertz CT molecular complexity index is 1080. The number of hydrogen-bond acceptors (Lipinski definition) is 4. The Balaban J connectivity index is 1.81. The summed E-state index contributed by atoms with van der Waals surface area (Å²) in [6.07, 6.45) is 0. The topological polar surface area (TPSA) is 81.1 Å². The van der Waals surface area contributed by atoms with Gasteiger partial charge < -0.3 is 5.32 Å². The fraction of sp³-hybridized carbons (Fsp3) is 0.100. The van der Waals surface area contributed by atoms with Gasteiger partial charge in [0, 0.05) is 22.9 Å². The molecule has 27 heavy (non-hydrogen) atoms. The van der Waals surface area contributed by atoms with Crippen LogP contribution >= 0.6 is 0 Å². The van der Waals surface area contributed by atoms with Crippen molar-refractivity contribution in [3.63, 3.8) is 0 Å². The number of hydrogen-bond donors (Lipinski definition) is 1. The quantitative estimate of drug-likeness (QED) is 0.705. The number of amides is 1. The zero-order valence-electron chi connectivity index (χ0n) is 14.5. The Morgan fingerprint density at radius 1 is 1.07 bits per heavy atom. The number of nitrogens with zero attached hydrogens (tertiary/aromatic N) is 2. The van der Waals surface area contributed by atoms with Crippen molar-refractivity contribution in [3.8, 4) is 11.3 Å². The van der Waals surface area contributed by atoms with Crippen LogP contribution in [0.2, 0.25) is 0 Å². The van der Waals surface area contributed by atoms with E-state index in [1.807, 2.05) is 0 Å². The molecule has 0 spiro atoms. The molecule has 0 unspecified atom stereocenters. The molecule has 7 heteroatoms. The van der Waals surface area contributed by atoms with Gasteiger partial charge in [-0.2, -0.15) is 5.10 Å². The van der Waals surface area contributed by atoms with Crippen molar-refractivity contribution < 1.29 is 14.0 Å². The number of ketones is 1. The Hall–Kier alpha value is -3.61. The first-order valence-corrected chi connectivity index (χ1v) is 8.18. The number of rotatable bonds is 5. The SMILES string of the molecule is CC(=O)c1cccc(NC(=O)Cn2nc(-c3ccccc3F)ccc2=O)c1. The molecule has 3 aromatic rings. The van der Waals surface area contributed by atoms with E-state index in [1.54, 1.807) is 42.5 Å². The maximum Gasteiger partial charge on any atom is 0.267 e. The zero-order valence-corrected chi connectivity index (χ0v) is 14.5. The van der Waals surface area contributed by atoms with Crippen molar-refractivity contribution in [1.29, 1.82) is 0 Å². The monoisotopic (exact) mass is 365 g/mol. The first kappa shape index (κ1) is 18.2. The largest absolute Gasteiger partial charge is 0.324 e. The van der Waals surface area contributed by atoms with E-state index in [9.17, 15) is 18.8 Å². The highest BCUT2D eigenvalue weighted by Crippen LogP contribution is 2.19. The molecule has 0 atom stereocenters. The van der Waals surface area contributed by atoms with E-state index in [1.165, 1.54) is 25.1 Å². The number of benzene rings is 2. The third-order valence-electron chi connectivity index (χ3n) is 3.86. The van der Waals surface area contributed by atoms with Gasteiger partial charge in [0.2, 0.25) is 5.91 Å². The molecule has 1 heterocycles. The first-order valence-electron chi connectivity index (χ1n) is 8.18. The molecule has 3 rings (SSSR count). The van der Waals surface area contributed by atoms with Gasteiger partial charge in [0.05, 0.1) is 5.69 Å². The van der Waals surface area contributed by atoms with E-state index >= 15 is 0 Å². The van der Waals surface area contributed by atoms with Crippen LogP contribution in [0.25, 0.3) is 11.3 Å². The predicted octanol–water partition coefficient (Wildman–Crippen LogP) is 2.89. The third kappa shape index (κ3) is 4.33. The first-order chi connectivity index (χ1) is 12.9. The summed E-state index contributed by atoms with van der Waals surface area (Å²) in [5.74, 6) is -1.08. The molecule has 1 amide bonds. The number of Topliss-reactive ketones (excluding diaryl/α,β-unsaturated/α-hetero) is 1. The molecule has 2 aromatic carbocycles. The van der Waals surface area contributed by atoms with Crippen molar-refractivity contribution in [2.45, 2.75) is 13.5 Å². The number of nitrogens with one attached hydrogen (secondary N) is 1. The van der Waals surface area contributed by atoms with Gasteiger partial charge in [-0.15, -0.1) is 0 Å². The van der Waals surface area contributed by atoms with Crippen LogP contribution in [0.15, 0.2) is 65.5 Å². The Kier molecular flexibility index (Phi) is 5.21. The van der Waals surface area contributed by atoms with Gasteiger partial charge in [-0.1, -0.05) is 24.3 Å². The standard InChI is InChI=1S/C20H16FN3O3/c1-13(25)14-5-4-6-15(11-14)22-19(26)12-24-20(27)10-9-18(23-24)16-7-2-3-8-17(16)21/h2-11H,12H2,1H3,(H,22,26). The van der Waals surface area contributed by atoms with E-state index in [0.717, 1.165) is 4.68 Å². The number of carbonyl (C=O) groups excluding carboxylic acids is 2. The smallest absolute Gasteiger partial charge is 0.267 e. The van der Waals surface area contributed by atoms with Crippen LogP contribution in [0.4, 0.5) is 10.1 Å². The number of anilines is 1. The average Bonchev–Trinajstić information content (AvgIpc) is 2.64. The normalized spacial score (nSPS) is 10.4. The van der Waals surface area contributed by atoms with Crippen molar-refractivity contribution in [1.82, 2.24) is 9.78 Å². The van der Waals surface area contributed by atoms with Crippen LogP contribution < -0.4 is 10.9 Å². The molecule has 136 valence electrons. The number of carbonyl (C=O) groups is 2. The maximum absolute atomic E-state index is 13.9. The van der Waals surface area contributed by atoms with Gasteiger partial charge in [-0.25, -0.2) is 9.07 Å². The molecule has 0 aliphatic carbocycles. The molecule has 0 aliphatic rings. The average molecular weight is 365 g/mol. The lowest BCUT2D eigenvalue weighted by atomic mass is 10.1. The fourth-order valence-corrected chi connectivity index (χ4v) is 2.53. The van der Waals surface area contributed by atoms with Crippen molar-refractivity contribution in [3.05, 3.63) is 82.4 Å². The van der Waals surface area contributed by atoms with E-state index in [0.29, 0.717) is 11.3 Å². The second-order valence-corrected chi connectivity index (χ2v) is 5.88. The van der Waals surface area contributed by atoms with Crippen LogP contribution in [0.5, 0.6) is 0 Å². The second-order valence-electron chi connectivity index (χ2n) is 5.88. The van der Waals surface area contributed by atoms with E-state index in [2.05, 4.69) is 10.4 Å². The molecule has 0 bridgehead atoms. The molecular weight excluding hydrogens is 349 g/mol. The summed E-state index contributed by atoms with van der Waals surface area (Å²) in [7, 11) is 0. The number of halogens is 1. The molecule has 1 aromatic heterocycles. The summed E-state index contributed by atoms with van der Waals surface area (Å²) in [6.45, 7) is 1.09. The minimum Gasteiger partial charge on any atom is -0.324 e. The van der Waals surface area contributed by atoms with Crippen LogP contribution in [-0.2, 0) is 11.3 Å². The van der Waals surface area contributed by atoms with Crippen LogP contribution in [0.1, 0.15) is 17.3 Å². The highest BCUT2D eigenvalue weighted by atomic mass is 19.1. The van der Waals surface area contributed by atoms with Gasteiger partial charge in [-0.3, -0.25) is 14.4 Å². The van der Waals surface area contributed by atoms with E-state index < -0.39 is 17.3 Å². The van der Waals surface area contributed by atoms with Gasteiger partial charge >= 0.3 is 0 Å². The molecule has 0 fully saturated rings. The minimum atomic E-state index is -0.490. The summed E-state index contributed by atoms with van der Waals surface area (Å²) in [5, 5.41) is 6.70. The molecule has 0 saturated heterocycles. The van der Waals surface area contributed by atoms with Crippen molar-refractivity contribution >= 4 is 17.4 Å². The number of aromatic nitrogens is 2. The van der Waals surface area contributed by atoms with Crippen molar-refractivity contribution in [2.75, 3.05) is 5.32 Å². The van der Waals surface area contributed by atoms with Crippen LogP contribution in [-0.4, -0.2) is 21.5 Å². The lowest BCUT2D eigenvalue weighted by molar-refractivity contribution is -0.117. The lowest BCUT2D eigenvalue weighted by Gasteiger charge is -2.09. The van der Waals surface area contributed by atoms with Crippen LogP contribution in [0, 0.1) is 5.82 Å². The highest BCUT2D eigenvalue weighted by molar-refractivity contribution is 5.97. The lowest BCUT2D eigenvalue weighted by Crippen LogP contribution is -2.29. The summed E-state index contributed by atoms with van der Waals surface area (Å²) in [4.78, 5) is 35.7. The fourth-order valence-electron chi connectivity index (χ4n) is 2.53. The maximum atomic E-state index is 13.9. The molecule has 1 N–H and O–H groups in total. The van der Waals surface area contributed by atoms with Gasteiger partial charge in [0.15, 0.2) is 5.78 Å². The molecule has 0 radical (unpaired) electrons. The molecular formula is C20H16FN3O3. The summed E-state index contributed by atoms with van der Waals surface area (Å²) >= 11 is 0. The Morgan fingerprint density at radius 3 is 2.59 bits per heavy atom. The second kappa shape index (κ2) is 7.74. The molecule has 0 saturated carbocycles. The van der Waals surface area contributed by atoms with E-state index in [4.69, 9.17) is 0 Å². The predicted molar refractivity (Wildman–Crippen MR) is 99.0 cm³/mol. The van der Waals surface area contributed by atoms with E-state index in [-0.39, 0.29) is 23.6 Å². The zero-order chi connectivity index (χ0) is 19.4. The van der Waals surface area contributed by atoms with Gasteiger partial charge in [0.1, 0.15) is 12.4 Å². The summed E-state index contributed by atoms with van der Waals surface area (Å²) < 4.78 is 14.9. The highest BCUT2D eigenvalue weighted by Gasteiger charge is 2.11. The van der Waals surface area contributed by atoms with Crippen LogP contribution in [0.3, 0.4) is 0 Å². The molecule has 0 aliphatic heterocycles. The van der Waals surface area contributed by atoms with Gasteiger partial charge in [0.25, 0.3) is 5.56 Å². The Morgan fingerprint density at radius 2 is 1.85 bits per heavy atom.